The molecular weight excluding hydrogens is 243 g/mol. The lowest BCUT2D eigenvalue weighted by molar-refractivity contribution is 0.0184. The third kappa shape index (κ3) is 4.56. The van der Waals surface area contributed by atoms with E-state index < -0.39 is 0 Å². The van der Waals surface area contributed by atoms with Crippen LogP contribution in [0.2, 0.25) is 0 Å². The van der Waals surface area contributed by atoms with Gasteiger partial charge < -0.3 is 15.0 Å². The molecule has 4 heteroatoms. The third-order valence-corrected chi connectivity index (χ3v) is 3.51. The molecule has 0 radical (unpaired) electrons. The molecule has 1 fully saturated rings. The van der Waals surface area contributed by atoms with Crippen LogP contribution in [0.3, 0.4) is 0 Å². The van der Waals surface area contributed by atoms with Crippen LogP contribution in [-0.2, 0) is 11.3 Å². The molecule has 0 aromatic heterocycles. The third-order valence-electron chi connectivity index (χ3n) is 3.51. The van der Waals surface area contributed by atoms with Crippen LogP contribution in [0.4, 0.5) is 4.39 Å². The van der Waals surface area contributed by atoms with Gasteiger partial charge in [0.2, 0.25) is 0 Å². The molecule has 0 spiro atoms. The van der Waals surface area contributed by atoms with E-state index in [4.69, 9.17) is 4.74 Å². The summed E-state index contributed by atoms with van der Waals surface area (Å²) < 4.78 is 18.9. The molecule has 1 N–H and O–H groups in total. The van der Waals surface area contributed by atoms with E-state index in [1.165, 1.54) is 0 Å². The normalized spacial score (nSPS) is 19.9. The quantitative estimate of drug-likeness (QED) is 0.881. The second-order valence-electron chi connectivity index (χ2n) is 5.31. The lowest BCUT2D eigenvalue weighted by atomic mass is 10.1. The van der Waals surface area contributed by atoms with Crippen molar-refractivity contribution < 1.29 is 9.13 Å². The summed E-state index contributed by atoms with van der Waals surface area (Å²) in [4.78, 5) is 2.25. The van der Waals surface area contributed by atoms with Gasteiger partial charge in [-0.15, -0.1) is 0 Å². The maximum absolute atomic E-state index is 13.2. The number of aryl methyl sites for hydroxylation is 1. The summed E-state index contributed by atoms with van der Waals surface area (Å²) in [6.45, 7) is 6.36. The summed E-state index contributed by atoms with van der Waals surface area (Å²) in [6, 6.07) is 5.33. The van der Waals surface area contributed by atoms with Crippen LogP contribution in [0.15, 0.2) is 18.2 Å². The van der Waals surface area contributed by atoms with E-state index in [2.05, 4.69) is 17.3 Å². The molecule has 19 heavy (non-hydrogen) atoms. The molecule has 0 aliphatic carbocycles. The molecule has 1 aromatic rings. The average Bonchev–Trinajstić information content (AvgIpc) is 2.42. The van der Waals surface area contributed by atoms with E-state index in [-0.39, 0.29) is 5.82 Å². The van der Waals surface area contributed by atoms with Gasteiger partial charge in [-0.2, -0.15) is 0 Å². The van der Waals surface area contributed by atoms with Gasteiger partial charge in [0, 0.05) is 26.2 Å². The molecule has 1 atom stereocenters. The van der Waals surface area contributed by atoms with E-state index in [0.717, 1.165) is 44.8 Å². The Morgan fingerprint density at radius 2 is 2.32 bits per heavy atom. The van der Waals surface area contributed by atoms with Crippen LogP contribution in [0, 0.1) is 12.7 Å². The summed E-state index contributed by atoms with van der Waals surface area (Å²) in [5, 5.41) is 3.34. The Hall–Kier alpha value is -0.970. The molecule has 1 aromatic carbocycles. The molecular formula is C15H23FN2O. The number of halogens is 1. The monoisotopic (exact) mass is 266 g/mol. The van der Waals surface area contributed by atoms with E-state index in [1.807, 2.05) is 12.1 Å². The lowest BCUT2D eigenvalue weighted by Crippen LogP contribution is -2.40. The van der Waals surface area contributed by atoms with Crippen molar-refractivity contribution in [3.8, 4) is 0 Å². The van der Waals surface area contributed by atoms with Crippen molar-refractivity contribution in [3.05, 3.63) is 35.1 Å². The van der Waals surface area contributed by atoms with Crippen molar-refractivity contribution >= 4 is 0 Å². The fourth-order valence-corrected chi connectivity index (χ4v) is 2.37. The van der Waals surface area contributed by atoms with Gasteiger partial charge >= 0.3 is 0 Å². The van der Waals surface area contributed by atoms with Gasteiger partial charge in [0.25, 0.3) is 0 Å². The number of nitrogens with zero attached hydrogens (tertiary/aromatic N) is 1. The maximum Gasteiger partial charge on any atom is 0.126 e. The van der Waals surface area contributed by atoms with Crippen LogP contribution < -0.4 is 5.32 Å². The fourth-order valence-electron chi connectivity index (χ4n) is 2.37. The zero-order chi connectivity index (χ0) is 13.7. The van der Waals surface area contributed by atoms with Crippen molar-refractivity contribution in [1.29, 1.82) is 0 Å². The molecule has 1 aliphatic heterocycles. The first kappa shape index (κ1) is 14.4. The summed E-state index contributed by atoms with van der Waals surface area (Å²) in [7, 11) is 2.09. The average molecular weight is 266 g/mol. The van der Waals surface area contributed by atoms with Crippen molar-refractivity contribution in [3.63, 3.8) is 0 Å². The van der Waals surface area contributed by atoms with Gasteiger partial charge in [-0.25, -0.2) is 4.39 Å². The zero-order valence-corrected chi connectivity index (χ0v) is 11.8. The zero-order valence-electron chi connectivity index (χ0n) is 11.8. The number of nitrogens with one attached hydrogen (secondary N) is 1. The van der Waals surface area contributed by atoms with Crippen LogP contribution in [0.1, 0.15) is 17.5 Å². The SMILES string of the molecule is Cc1cc(CN(C)CCC2CNCCO2)ccc1F. The Bertz CT molecular complexity index is 405. The van der Waals surface area contributed by atoms with Crippen LogP contribution in [0.25, 0.3) is 0 Å². The molecule has 0 saturated carbocycles. The minimum Gasteiger partial charge on any atom is -0.376 e. The number of morpholine rings is 1. The van der Waals surface area contributed by atoms with Gasteiger partial charge in [-0.3, -0.25) is 0 Å². The molecule has 1 unspecified atom stereocenters. The first-order valence-corrected chi connectivity index (χ1v) is 6.91. The standard InChI is InChI=1S/C15H23FN2O/c1-12-9-13(3-4-15(12)16)11-18(2)7-5-14-10-17-6-8-19-14/h3-4,9,14,17H,5-8,10-11H2,1-2H3. The Balaban J connectivity index is 1.76. The Kier molecular flexibility index (Phi) is 5.31. The predicted octanol–water partition coefficient (Wildman–Crippen LogP) is 1.94. The van der Waals surface area contributed by atoms with Crippen molar-refractivity contribution in [2.45, 2.75) is 26.0 Å². The maximum atomic E-state index is 13.2. The number of hydrogen-bond acceptors (Lipinski definition) is 3. The summed E-state index contributed by atoms with van der Waals surface area (Å²) in [5.74, 6) is -0.131. The highest BCUT2D eigenvalue weighted by atomic mass is 19.1. The summed E-state index contributed by atoms with van der Waals surface area (Å²) in [5.41, 5.74) is 1.87. The first-order chi connectivity index (χ1) is 9.15. The highest BCUT2D eigenvalue weighted by molar-refractivity contribution is 5.23. The summed E-state index contributed by atoms with van der Waals surface area (Å²) in [6.07, 6.45) is 1.36. The van der Waals surface area contributed by atoms with Gasteiger partial charge in [-0.05, 0) is 37.6 Å². The molecule has 0 bridgehead atoms. The molecule has 3 nitrogen and oxygen atoms in total. The van der Waals surface area contributed by atoms with Gasteiger partial charge in [0.1, 0.15) is 5.82 Å². The van der Waals surface area contributed by atoms with E-state index in [9.17, 15) is 4.39 Å². The summed E-state index contributed by atoms with van der Waals surface area (Å²) >= 11 is 0. The molecule has 106 valence electrons. The van der Waals surface area contributed by atoms with Crippen LogP contribution in [-0.4, -0.2) is 44.3 Å². The van der Waals surface area contributed by atoms with E-state index in [1.54, 1.807) is 13.0 Å². The smallest absolute Gasteiger partial charge is 0.126 e. The predicted molar refractivity (Wildman–Crippen MR) is 74.7 cm³/mol. The number of rotatable bonds is 5. The van der Waals surface area contributed by atoms with E-state index in [0.29, 0.717) is 11.7 Å². The highest BCUT2D eigenvalue weighted by Crippen LogP contribution is 2.11. The Labute approximate surface area is 114 Å². The molecule has 2 rings (SSSR count). The van der Waals surface area contributed by atoms with E-state index >= 15 is 0 Å². The van der Waals surface area contributed by atoms with Gasteiger partial charge in [0.05, 0.1) is 12.7 Å². The largest absolute Gasteiger partial charge is 0.376 e. The Morgan fingerprint density at radius 3 is 3.00 bits per heavy atom. The minimum atomic E-state index is -0.131. The lowest BCUT2D eigenvalue weighted by Gasteiger charge is -2.26. The van der Waals surface area contributed by atoms with Crippen molar-refractivity contribution in [2.24, 2.45) is 0 Å². The van der Waals surface area contributed by atoms with Gasteiger partial charge in [-0.1, -0.05) is 12.1 Å². The molecule has 1 heterocycles. The fraction of sp³-hybridized carbons (Fsp3) is 0.600. The van der Waals surface area contributed by atoms with Gasteiger partial charge in [0.15, 0.2) is 0 Å². The molecule has 0 amide bonds. The number of hydrogen-bond donors (Lipinski definition) is 1. The number of benzene rings is 1. The Morgan fingerprint density at radius 1 is 1.47 bits per heavy atom. The molecule has 1 aliphatic rings. The first-order valence-electron chi connectivity index (χ1n) is 6.91. The van der Waals surface area contributed by atoms with Crippen LogP contribution in [0.5, 0.6) is 0 Å². The van der Waals surface area contributed by atoms with Crippen molar-refractivity contribution in [1.82, 2.24) is 10.2 Å². The second-order valence-corrected chi connectivity index (χ2v) is 5.31. The second kappa shape index (κ2) is 6.98. The highest BCUT2D eigenvalue weighted by Gasteiger charge is 2.13. The van der Waals surface area contributed by atoms with Crippen LogP contribution >= 0.6 is 0 Å². The number of ether oxygens (including phenoxy) is 1. The minimum absolute atomic E-state index is 0.131. The molecule has 1 saturated heterocycles. The topological polar surface area (TPSA) is 24.5 Å². The van der Waals surface area contributed by atoms with Crippen molar-refractivity contribution in [2.75, 3.05) is 33.3 Å².